The van der Waals surface area contributed by atoms with Crippen LogP contribution in [0.3, 0.4) is 0 Å². The summed E-state index contributed by atoms with van der Waals surface area (Å²) in [5, 5.41) is 27.9. The van der Waals surface area contributed by atoms with E-state index in [4.69, 9.17) is 45.6 Å². The Labute approximate surface area is 646 Å². The van der Waals surface area contributed by atoms with E-state index < -0.39 is 47.7 Å². The first kappa shape index (κ1) is 81.7. The molecule has 0 saturated carbocycles. The van der Waals surface area contributed by atoms with Crippen LogP contribution in [-0.2, 0) is 53.7 Å². The fourth-order valence-corrected chi connectivity index (χ4v) is 11.4. The van der Waals surface area contributed by atoms with Crippen LogP contribution >= 0.6 is 0 Å². The van der Waals surface area contributed by atoms with Gasteiger partial charge in [-0.05, 0) is 141 Å². The highest BCUT2D eigenvalue weighted by Crippen LogP contribution is 2.35. The summed E-state index contributed by atoms with van der Waals surface area (Å²) in [5.74, 6) is 1.71. The summed E-state index contributed by atoms with van der Waals surface area (Å²) in [4.78, 5) is 48.8. The minimum absolute atomic E-state index is 0.217. The van der Waals surface area contributed by atoms with Gasteiger partial charge >= 0.3 is 17.9 Å². The van der Waals surface area contributed by atoms with Gasteiger partial charge in [-0.3, -0.25) is 29.1 Å². The van der Waals surface area contributed by atoms with Gasteiger partial charge in [0.15, 0.2) is 0 Å². The number of halogens is 4. The number of aliphatic carboxylic acids is 3. The molecule has 576 valence electrons. The molecule has 0 saturated heterocycles. The highest BCUT2D eigenvalue weighted by molar-refractivity contribution is 5.73. The zero-order valence-corrected chi connectivity index (χ0v) is 60.9. The Balaban J connectivity index is 0.000000178. The van der Waals surface area contributed by atoms with Crippen LogP contribution in [0.1, 0.15) is 52.6 Å². The molecule has 0 aliphatic rings. The Morgan fingerprint density at radius 1 is 0.295 bits per heavy atom. The number of carboxylic acid groups (broad SMARTS) is 3. The molecule has 12 aromatic rings. The molecular weight excluding hydrogens is 1440 g/mol. The van der Waals surface area contributed by atoms with Crippen LogP contribution in [0.5, 0.6) is 69.3 Å². The summed E-state index contributed by atoms with van der Waals surface area (Å²) in [6, 6.07) is 76.5. The number of pyridine rings is 2. The van der Waals surface area contributed by atoms with E-state index >= 15 is 0 Å². The number of rotatable bonds is 36. The molecule has 10 aromatic carbocycles. The van der Waals surface area contributed by atoms with Crippen LogP contribution in [-0.4, -0.2) is 95.7 Å². The second-order valence-corrected chi connectivity index (χ2v) is 25.7. The Kier molecular flexibility index (Phi) is 30.8. The van der Waals surface area contributed by atoms with Gasteiger partial charge in [0.2, 0.25) is 11.8 Å². The van der Waals surface area contributed by atoms with Crippen molar-refractivity contribution in [1.82, 2.24) is 24.7 Å². The Bertz CT molecular complexity index is 4690. The molecule has 3 atom stereocenters. The van der Waals surface area contributed by atoms with Crippen molar-refractivity contribution in [2.24, 2.45) is 17.2 Å². The lowest BCUT2D eigenvalue weighted by atomic mass is 10.1. The maximum absolute atomic E-state index is 13.7. The highest BCUT2D eigenvalue weighted by atomic mass is 19.1. The molecule has 0 aliphatic carbocycles. The lowest BCUT2D eigenvalue weighted by Gasteiger charge is -2.25. The number of aromatic nitrogens is 2. The van der Waals surface area contributed by atoms with Crippen molar-refractivity contribution >= 4 is 17.9 Å². The van der Waals surface area contributed by atoms with E-state index in [0.717, 1.165) is 33.4 Å². The van der Waals surface area contributed by atoms with E-state index in [1.165, 1.54) is 48.5 Å². The minimum atomic E-state index is -1.07. The second kappa shape index (κ2) is 42.2. The maximum atomic E-state index is 13.7. The van der Waals surface area contributed by atoms with E-state index in [1.54, 1.807) is 85.2 Å². The highest BCUT2D eigenvalue weighted by Gasteiger charge is 2.23. The Morgan fingerprint density at radius 2 is 0.545 bits per heavy atom. The number of nitrogens with zero attached hydrogens (tertiary/aromatic N) is 5. The first-order valence-electron chi connectivity index (χ1n) is 35.8. The second-order valence-electron chi connectivity index (χ2n) is 25.7. The van der Waals surface area contributed by atoms with Crippen molar-refractivity contribution in [1.29, 1.82) is 0 Å². The average Bonchev–Trinajstić information content (AvgIpc) is 0.832. The molecule has 2 aromatic heterocycles. The van der Waals surface area contributed by atoms with Crippen LogP contribution in [0.2, 0.25) is 0 Å². The van der Waals surface area contributed by atoms with E-state index in [9.17, 15) is 47.3 Å². The normalized spacial score (nSPS) is 11.8. The third-order valence-corrected chi connectivity index (χ3v) is 17.3. The molecule has 12 rings (SSSR count). The Hall–Kier alpha value is -12.8. The Morgan fingerprint density at radius 3 is 0.795 bits per heavy atom. The third kappa shape index (κ3) is 26.5. The van der Waals surface area contributed by atoms with Crippen molar-refractivity contribution in [2.45, 2.75) is 76.7 Å². The number of carboxylic acids is 3. The van der Waals surface area contributed by atoms with Gasteiger partial charge in [0, 0.05) is 129 Å². The van der Waals surface area contributed by atoms with Crippen LogP contribution in [0.15, 0.2) is 291 Å². The van der Waals surface area contributed by atoms with Crippen LogP contribution in [0.25, 0.3) is 0 Å². The van der Waals surface area contributed by atoms with Gasteiger partial charge in [0.05, 0.1) is 0 Å². The number of benzene rings is 10. The number of hydrogen-bond acceptors (Lipinski definition) is 17. The van der Waals surface area contributed by atoms with Crippen molar-refractivity contribution in [3.05, 3.63) is 348 Å². The molecule has 0 unspecified atom stereocenters. The van der Waals surface area contributed by atoms with Crippen molar-refractivity contribution < 1.29 is 75.7 Å². The fraction of sp³-hybridized carbons (Fsp3) is 0.170. The number of ether oxygens (including phenoxy) is 6. The quantitative estimate of drug-likeness (QED) is 0.0199. The standard InChI is InChI=1S/2C30H28F2N2O4.C28H28N4O4/c31-23-9-5-11-25(17-23)37-28-13-3-1-7-21(28)19-34(16-15-27(33)30(35)36)20-22-8-2-4-14-29(22)38-26-12-6-10-24(32)18-26;31-23-9-13-25(14-10-23)37-28-7-3-1-5-21(28)19-34(18-17-27(33)30(35)36)20-22-6-2-4-8-29(22)38-26-15-11-24(32)12-16-26;29-23(28(33)34)15-18-32(19-21-9-1-3-11-24(21)35-26-13-5-7-16-30-26)20-22-10-2-4-12-25(22)36-27-14-6-8-17-31-27/h1-14,17-18,27H,15-16,19-20,33H2,(H,35,36);1-16,27H,17-20,33H2,(H,35,36);1-14,16-17,23H,15,18-20,29H2,(H,33,34)/t2*27-;23-/m000/s1. The number of nitrogens with two attached hydrogens (primary N) is 3. The van der Waals surface area contributed by atoms with E-state index in [1.807, 2.05) is 163 Å². The lowest BCUT2D eigenvalue weighted by Crippen LogP contribution is -2.35. The molecular formula is C88H84F4N8O12. The first-order valence-corrected chi connectivity index (χ1v) is 35.8. The summed E-state index contributed by atoms with van der Waals surface area (Å²) in [7, 11) is 0. The molecule has 20 nitrogen and oxygen atoms in total. The summed E-state index contributed by atoms with van der Waals surface area (Å²) in [6.45, 7) is 3.88. The van der Waals surface area contributed by atoms with Gasteiger partial charge in [-0.2, -0.15) is 0 Å². The zero-order chi connectivity index (χ0) is 79.0. The summed E-state index contributed by atoms with van der Waals surface area (Å²) < 4.78 is 90.1. The van der Waals surface area contributed by atoms with E-state index in [0.29, 0.717) is 135 Å². The summed E-state index contributed by atoms with van der Waals surface area (Å²) in [6.07, 6.45) is 4.10. The van der Waals surface area contributed by atoms with Crippen LogP contribution in [0, 0.1) is 23.3 Å². The molecule has 0 aliphatic heterocycles. The zero-order valence-electron chi connectivity index (χ0n) is 60.9. The summed E-state index contributed by atoms with van der Waals surface area (Å²) in [5.41, 5.74) is 22.7. The number of para-hydroxylation sites is 6. The van der Waals surface area contributed by atoms with Gasteiger partial charge in [-0.25, -0.2) is 27.5 Å². The van der Waals surface area contributed by atoms with Gasteiger partial charge in [0.25, 0.3) is 0 Å². The lowest BCUT2D eigenvalue weighted by molar-refractivity contribution is -0.139. The van der Waals surface area contributed by atoms with Crippen LogP contribution < -0.4 is 45.6 Å². The fourth-order valence-electron chi connectivity index (χ4n) is 11.4. The van der Waals surface area contributed by atoms with Crippen molar-refractivity contribution in [2.75, 3.05) is 19.6 Å². The molecule has 0 radical (unpaired) electrons. The van der Waals surface area contributed by atoms with Gasteiger partial charge in [-0.1, -0.05) is 133 Å². The molecule has 9 N–H and O–H groups in total. The molecule has 0 amide bonds. The minimum Gasteiger partial charge on any atom is -0.480 e. The molecule has 2 heterocycles. The maximum Gasteiger partial charge on any atom is 0.320 e. The largest absolute Gasteiger partial charge is 0.480 e. The first-order chi connectivity index (χ1) is 54.3. The summed E-state index contributed by atoms with van der Waals surface area (Å²) >= 11 is 0. The molecule has 0 bridgehead atoms. The monoisotopic (exact) mass is 1520 g/mol. The number of carbonyl (C=O) groups is 3. The molecule has 0 fully saturated rings. The predicted octanol–water partition coefficient (Wildman–Crippen LogP) is 17.6. The van der Waals surface area contributed by atoms with E-state index in [-0.39, 0.29) is 24.5 Å². The van der Waals surface area contributed by atoms with Crippen molar-refractivity contribution in [3.63, 3.8) is 0 Å². The van der Waals surface area contributed by atoms with Gasteiger partial charge in [-0.15, -0.1) is 0 Å². The van der Waals surface area contributed by atoms with Crippen molar-refractivity contribution in [3.8, 4) is 69.3 Å². The predicted molar refractivity (Wildman–Crippen MR) is 416 cm³/mol. The number of hydrogen-bond donors (Lipinski definition) is 6. The third-order valence-electron chi connectivity index (χ3n) is 17.3. The van der Waals surface area contributed by atoms with Gasteiger partial charge < -0.3 is 60.9 Å². The molecule has 24 heteroatoms. The topological polar surface area (TPSA) is 281 Å². The SMILES string of the molecule is N[C@@H](CCN(Cc1ccccc1Oc1ccc(F)cc1)Cc1ccccc1Oc1ccc(F)cc1)C(=O)O.N[C@@H](CCN(Cc1ccccc1Oc1cccc(F)c1)Cc1ccccc1Oc1cccc(F)c1)C(=O)O.N[C@@H](CCN(Cc1ccccc1Oc1ccccn1)Cc1ccccc1Oc1ccccn1)C(=O)O. The van der Waals surface area contributed by atoms with Gasteiger partial charge in [0.1, 0.15) is 98.9 Å². The average molecular weight is 1520 g/mol. The van der Waals surface area contributed by atoms with Crippen LogP contribution in [0.4, 0.5) is 17.6 Å². The molecule has 112 heavy (non-hydrogen) atoms. The van der Waals surface area contributed by atoms with E-state index in [2.05, 4.69) is 19.8 Å². The smallest absolute Gasteiger partial charge is 0.320 e. The molecule has 0 spiro atoms.